The number of aromatic nitrogens is 1. The van der Waals surface area contributed by atoms with Crippen LogP contribution >= 0.6 is 0 Å². The van der Waals surface area contributed by atoms with Crippen molar-refractivity contribution < 1.29 is 0 Å². The van der Waals surface area contributed by atoms with Crippen LogP contribution in [0.1, 0.15) is 76.9 Å². The van der Waals surface area contributed by atoms with Crippen LogP contribution in [0.2, 0.25) is 0 Å². The van der Waals surface area contributed by atoms with Gasteiger partial charge in [-0.05, 0) is 118 Å². The molecule has 4 rings (SSSR count). The van der Waals surface area contributed by atoms with Gasteiger partial charge < -0.3 is 0 Å². The molecule has 0 aliphatic heterocycles. The Bertz CT molecular complexity index is 947. The molecule has 0 aliphatic carbocycles. The van der Waals surface area contributed by atoms with Gasteiger partial charge in [-0.15, -0.1) is 0 Å². The van der Waals surface area contributed by atoms with Crippen LogP contribution in [0.5, 0.6) is 0 Å². The third-order valence-corrected chi connectivity index (χ3v) is 6.59. The lowest BCUT2D eigenvalue weighted by Gasteiger charge is -2.15. The quantitative estimate of drug-likeness (QED) is 0.276. The summed E-state index contributed by atoms with van der Waals surface area (Å²) in [5, 5.41) is 0. The van der Waals surface area contributed by atoms with Gasteiger partial charge >= 0.3 is 0 Å². The Kier molecular flexibility index (Phi) is 15.7. The predicted octanol–water partition coefficient (Wildman–Crippen LogP) is 10.2. The molecule has 0 N–H and O–H groups in total. The van der Waals surface area contributed by atoms with Gasteiger partial charge in [0.15, 0.2) is 0 Å². The van der Waals surface area contributed by atoms with Gasteiger partial charge in [-0.25, -0.2) is 0 Å². The summed E-state index contributed by atoms with van der Waals surface area (Å²) in [6.07, 6.45) is 4.53. The summed E-state index contributed by atoms with van der Waals surface area (Å²) < 4.78 is 0. The van der Waals surface area contributed by atoms with Gasteiger partial charge in [0.05, 0.1) is 0 Å². The second-order valence-electron chi connectivity index (χ2n) is 8.92. The Morgan fingerprint density at radius 2 is 0.722 bits per heavy atom. The van der Waals surface area contributed by atoms with Crippen LogP contribution in [0.25, 0.3) is 0 Å². The summed E-state index contributed by atoms with van der Waals surface area (Å²) in [7, 11) is 0. The zero-order chi connectivity index (χ0) is 26.4. The van der Waals surface area contributed by atoms with Crippen LogP contribution < -0.4 is 0 Å². The monoisotopic (exact) mass is 483 g/mol. The zero-order valence-corrected chi connectivity index (χ0v) is 23.7. The minimum absolute atomic E-state index is 0. The normalized spacial score (nSPS) is 9.28. The molecule has 0 radical (unpaired) electrons. The summed E-state index contributed by atoms with van der Waals surface area (Å²) in [6.45, 7) is 21.5. The number of hydrogen-bond donors (Lipinski definition) is 0. The van der Waals surface area contributed by atoms with Gasteiger partial charge in [0.1, 0.15) is 0 Å². The minimum Gasteiger partial charge on any atom is -0.265 e. The van der Waals surface area contributed by atoms with E-state index in [0.717, 1.165) is 6.42 Å². The highest BCUT2D eigenvalue weighted by molar-refractivity contribution is 5.48. The first kappa shape index (κ1) is 32.8. The third-order valence-electron chi connectivity index (χ3n) is 6.59. The molecule has 0 unspecified atom stereocenters. The highest BCUT2D eigenvalue weighted by Gasteiger charge is 2.07. The van der Waals surface area contributed by atoms with Crippen molar-refractivity contribution in [2.45, 2.75) is 83.1 Å². The molecule has 1 aromatic heterocycles. The molecule has 1 nitrogen and oxygen atoms in total. The summed E-state index contributed by atoms with van der Waals surface area (Å²) in [6, 6.07) is 23.2. The molecule has 0 amide bonds. The van der Waals surface area contributed by atoms with Gasteiger partial charge in [0, 0.05) is 12.4 Å². The average molecular weight is 484 g/mol. The number of pyridine rings is 1. The van der Waals surface area contributed by atoms with Crippen LogP contribution in [0, 0.1) is 55.4 Å². The third kappa shape index (κ3) is 10.6. The average Bonchev–Trinajstić information content (AvgIpc) is 2.91. The first-order valence-corrected chi connectivity index (χ1v) is 12.7. The summed E-state index contributed by atoms with van der Waals surface area (Å²) in [4.78, 5) is 3.78. The van der Waals surface area contributed by atoms with Crippen molar-refractivity contribution in [3.05, 3.63) is 135 Å². The van der Waals surface area contributed by atoms with Crippen LogP contribution in [0.3, 0.4) is 0 Å². The molecule has 1 heteroatoms. The SMILES string of the molecule is C.CC.Cc1c(C)c(C)c(C)c(C)c1C.Cc1ccc(Cc2ccc(C)cc2)cc1.c1ccncc1. The van der Waals surface area contributed by atoms with Crippen molar-refractivity contribution >= 4 is 0 Å². The topological polar surface area (TPSA) is 12.9 Å². The fourth-order valence-electron chi connectivity index (χ4n) is 3.65. The summed E-state index contributed by atoms with van der Waals surface area (Å²) in [5.41, 5.74) is 14.1. The van der Waals surface area contributed by atoms with E-state index >= 15 is 0 Å². The van der Waals surface area contributed by atoms with Crippen molar-refractivity contribution in [2.75, 3.05) is 0 Å². The van der Waals surface area contributed by atoms with Gasteiger partial charge in [-0.2, -0.15) is 0 Å². The molecule has 0 atom stereocenters. The molecule has 4 aromatic rings. The van der Waals surface area contributed by atoms with E-state index in [2.05, 4.69) is 109 Å². The van der Waals surface area contributed by atoms with Gasteiger partial charge in [0.25, 0.3) is 0 Å². The molecule has 0 spiro atoms. The van der Waals surface area contributed by atoms with E-state index in [1.165, 1.54) is 55.6 Å². The molecule has 0 bridgehead atoms. The lowest BCUT2D eigenvalue weighted by molar-refractivity contribution is 1.13. The molecule has 0 saturated carbocycles. The van der Waals surface area contributed by atoms with Crippen molar-refractivity contribution in [1.29, 1.82) is 0 Å². The van der Waals surface area contributed by atoms with Crippen LogP contribution in [-0.2, 0) is 6.42 Å². The Morgan fingerprint density at radius 1 is 0.444 bits per heavy atom. The minimum atomic E-state index is 0. The molecule has 0 aliphatic rings. The molecular weight excluding hydrogens is 434 g/mol. The first-order chi connectivity index (χ1) is 16.7. The zero-order valence-electron chi connectivity index (χ0n) is 23.7. The lowest BCUT2D eigenvalue weighted by atomic mass is 9.90. The van der Waals surface area contributed by atoms with Crippen LogP contribution in [-0.4, -0.2) is 4.98 Å². The molecule has 1 heterocycles. The maximum atomic E-state index is 3.78. The second kappa shape index (κ2) is 17.3. The molecule has 194 valence electrons. The van der Waals surface area contributed by atoms with E-state index in [1.807, 2.05) is 32.0 Å². The van der Waals surface area contributed by atoms with E-state index in [1.54, 1.807) is 12.4 Å². The molecule has 3 aromatic carbocycles. The van der Waals surface area contributed by atoms with E-state index < -0.39 is 0 Å². The van der Waals surface area contributed by atoms with E-state index in [-0.39, 0.29) is 7.43 Å². The van der Waals surface area contributed by atoms with Crippen molar-refractivity contribution in [3.8, 4) is 0 Å². The van der Waals surface area contributed by atoms with E-state index in [4.69, 9.17) is 0 Å². The highest BCUT2D eigenvalue weighted by Crippen LogP contribution is 2.24. The Hall–Kier alpha value is -3.19. The Labute approximate surface area is 222 Å². The van der Waals surface area contributed by atoms with Crippen LogP contribution in [0.4, 0.5) is 0 Å². The van der Waals surface area contributed by atoms with E-state index in [9.17, 15) is 0 Å². The second-order valence-corrected chi connectivity index (χ2v) is 8.92. The van der Waals surface area contributed by atoms with Gasteiger partial charge in [-0.3, -0.25) is 4.98 Å². The lowest BCUT2D eigenvalue weighted by Crippen LogP contribution is -1.98. The summed E-state index contributed by atoms with van der Waals surface area (Å²) in [5.74, 6) is 0. The number of benzene rings is 3. The largest absolute Gasteiger partial charge is 0.265 e. The van der Waals surface area contributed by atoms with Crippen molar-refractivity contribution in [3.63, 3.8) is 0 Å². The highest BCUT2D eigenvalue weighted by atomic mass is 14.6. The number of hydrogen-bond acceptors (Lipinski definition) is 1. The van der Waals surface area contributed by atoms with Crippen molar-refractivity contribution in [1.82, 2.24) is 4.98 Å². The number of aryl methyl sites for hydroxylation is 2. The first-order valence-electron chi connectivity index (χ1n) is 12.7. The summed E-state index contributed by atoms with van der Waals surface area (Å²) >= 11 is 0. The standard InChI is InChI=1S/C15H16.C12H18.C5H5N.C2H6.CH4/c1-12-3-7-14(8-4-12)11-15-9-5-13(2)6-10-15;1-7-8(2)10(4)12(6)11(5)9(7)3;1-2-4-6-5-3-1;1-2;/h3-10H,11H2,1-2H3;1-6H3;1-5H;1-2H3;1H4. The fraction of sp³-hybridized carbons (Fsp3) is 0.343. The molecule has 0 fully saturated rings. The maximum Gasteiger partial charge on any atom is 0.0267 e. The molecular formula is C35H49N. The van der Waals surface area contributed by atoms with Gasteiger partial charge in [0.2, 0.25) is 0 Å². The molecule has 36 heavy (non-hydrogen) atoms. The van der Waals surface area contributed by atoms with Crippen LogP contribution in [0.15, 0.2) is 79.1 Å². The number of nitrogens with zero attached hydrogens (tertiary/aromatic N) is 1. The predicted molar refractivity (Wildman–Crippen MR) is 162 cm³/mol. The Balaban J connectivity index is 0.000000522. The molecule has 0 saturated heterocycles. The Morgan fingerprint density at radius 3 is 0.917 bits per heavy atom. The maximum absolute atomic E-state index is 3.78. The van der Waals surface area contributed by atoms with Gasteiger partial charge in [-0.1, -0.05) is 87.0 Å². The fourth-order valence-corrected chi connectivity index (χ4v) is 3.65. The number of rotatable bonds is 2. The van der Waals surface area contributed by atoms with Crippen molar-refractivity contribution in [2.24, 2.45) is 0 Å². The smallest absolute Gasteiger partial charge is 0.0267 e. The van der Waals surface area contributed by atoms with E-state index in [0.29, 0.717) is 0 Å².